The highest BCUT2D eigenvalue weighted by atomic mass is 19.1. The van der Waals surface area contributed by atoms with Crippen molar-refractivity contribution >= 4 is 17.4 Å². The van der Waals surface area contributed by atoms with Crippen LogP contribution in [0.5, 0.6) is 0 Å². The van der Waals surface area contributed by atoms with Gasteiger partial charge in [0.15, 0.2) is 0 Å². The average Bonchev–Trinajstić information content (AvgIpc) is 3.31. The van der Waals surface area contributed by atoms with Crippen LogP contribution in [0.3, 0.4) is 0 Å². The topological polar surface area (TPSA) is 83.6 Å². The fraction of sp³-hybridized carbons (Fsp3) is 0.0952. The molecule has 0 spiro atoms. The largest absolute Gasteiger partial charge is 0.507 e. The molecule has 1 atom stereocenters. The maximum atomic E-state index is 13.4. The Morgan fingerprint density at radius 2 is 1.82 bits per heavy atom. The summed E-state index contributed by atoms with van der Waals surface area (Å²) in [6, 6.07) is 11.0. The van der Waals surface area contributed by atoms with Gasteiger partial charge in [0.1, 0.15) is 17.3 Å². The van der Waals surface area contributed by atoms with Crippen LogP contribution in [0.1, 0.15) is 22.9 Å². The van der Waals surface area contributed by atoms with Crippen LogP contribution in [0.4, 0.5) is 4.39 Å². The van der Waals surface area contributed by atoms with Crippen molar-refractivity contribution in [1.29, 1.82) is 0 Å². The number of aromatic nitrogens is 1. The Morgan fingerprint density at radius 1 is 1.11 bits per heavy atom. The Hall–Kier alpha value is -3.74. The maximum Gasteiger partial charge on any atom is 0.296 e. The molecule has 1 aliphatic rings. The third-order valence-corrected chi connectivity index (χ3v) is 4.59. The van der Waals surface area contributed by atoms with Crippen molar-refractivity contribution in [1.82, 2.24) is 9.88 Å². The van der Waals surface area contributed by atoms with Crippen LogP contribution in [-0.2, 0) is 16.1 Å². The lowest BCUT2D eigenvalue weighted by Crippen LogP contribution is -2.29. The van der Waals surface area contributed by atoms with Crippen LogP contribution >= 0.6 is 0 Å². The number of ketones is 1. The second-order valence-electron chi connectivity index (χ2n) is 6.29. The molecular weight excluding hydrogens is 363 g/mol. The molecule has 0 radical (unpaired) electrons. The molecule has 3 heterocycles. The van der Waals surface area contributed by atoms with Crippen molar-refractivity contribution in [2.45, 2.75) is 12.6 Å². The van der Waals surface area contributed by atoms with Gasteiger partial charge in [0.2, 0.25) is 0 Å². The molecule has 4 rings (SSSR count). The number of Topliss-reactive ketones (excluding diaryl/α,β-unsaturated/α-hetero) is 1. The molecule has 2 aromatic heterocycles. The number of furan rings is 1. The van der Waals surface area contributed by atoms with E-state index in [1.807, 2.05) is 0 Å². The summed E-state index contributed by atoms with van der Waals surface area (Å²) in [6.45, 7) is 0.0345. The molecule has 0 aliphatic carbocycles. The first-order valence-electron chi connectivity index (χ1n) is 8.53. The number of hydrogen-bond acceptors (Lipinski definition) is 5. The van der Waals surface area contributed by atoms with Gasteiger partial charge in [0.25, 0.3) is 11.7 Å². The zero-order chi connectivity index (χ0) is 19.7. The Balaban J connectivity index is 1.86. The number of carbonyl (C=O) groups is 2. The van der Waals surface area contributed by atoms with Gasteiger partial charge < -0.3 is 14.4 Å². The zero-order valence-corrected chi connectivity index (χ0v) is 14.6. The highest BCUT2D eigenvalue weighted by Crippen LogP contribution is 2.40. The minimum Gasteiger partial charge on any atom is -0.507 e. The van der Waals surface area contributed by atoms with Gasteiger partial charge >= 0.3 is 0 Å². The number of hydrogen-bond donors (Lipinski definition) is 1. The molecular formula is C21H15FN2O4. The number of pyridine rings is 1. The van der Waals surface area contributed by atoms with E-state index in [2.05, 4.69) is 4.98 Å². The van der Waals surface area contributed by atoms with E-state index in [0.29, 0.717) is 16.9 Å². The summed E-state index contributed by atoms with van der Waals surface area (Å²) in [6.07, 6.45) is 4.41. The standard InChI is InChI=1S/C21H15FN2O4/c22-15-5-3-13(4-6-15)18-17(19(25)14-7-9-23-10-8-14)20(26)21(27)24(18)12-16-2-1-11-28-16/h1-11,18,25H,12H2/b19-17-. The first-order valence-corrected chi connectivity index (χ1v) is 8.53. The molecule has 1 aromatic carbocycles. The average molecular weight is 378 g/mol. The molecule has 1 fully saturated rings. The first kappa shape index (κ1) is 17.7. The van der Waals surface area contributed by atoms with Crippen LogP contribution in [0.2, 0.25) is 0 Å². The minimum absolute atomic E-state index is 0.0345. The summed E-state index contributed by atoms with van der Waals surface area (Å²) in [5.41, 5.74) is 0.801. The lowest BCUT2D eigenvalue weighted by Gasteiger charge is -2.24. The van der Waals surface area contributed by atoms with E-state index in [4.69, 9.17) is 4.42 Å². The van der Waals surface area contributed by atoms with E-state index in [9.17, 15) is 19.1 Å². The van der Waals surface area contributed by atoms with Crippen LogP contribution < -0.4 is 0 Å². The predicted octanol–water partition coefficient (Wildman–Crippen LogP) is 3.44. The second kappa shape index (κ2) is 7.11. The van der Waals surface area contributed by atoms with Gasteiger partial charge in [-0.15, -0.1) is 0 Å². The third kappa shape index (κ3) is 3.07. The molecule has 0 saturated carbocycles. The summed E-state index contributed by atoms with van der Waals surface area (Å²) in [5, 5.41) is 10.8. The van der Waals surface area contributed by atoms with E-state index in [-0.39, 0.29) is 17.9 Å². The Morgan fingerprint density at radius 3 is 2.46 bits per heavy atom. The molecule has 6 nitrogen and oxygen atoms in total. The highest BCUT2D eigenvalue weighted by molar-refractivity contribution is 6.46. The van der Waals surface area contributed by atoms with Crippen molar-refractivity contribution in [3.05, 3.63) is 95.5 Å². The lowest BCUT2D eigenvalue weighted by molar-refractivity contribution is -0.140. The third-order valence-electron chi connectivity index (χ3n) is 4.59. The number of benzene rings is 1. The summed E-state index contributed by atoms with van der Waals surface area (Å²) >= 11 is 0. The quantitative estimate of drug-likeness (QED) is 0.427. The van der Waals surface area contributed by atoms with Crippen molar-refractivity contribution < 1.29 is 23.5 Å². The van der Waals surface area contributed by atoms with Crippen molar-refractivity contribution in [3.63, 3.8) is 0 Å². The van der Waals surface area contributed by atoms with Gasteiger partial charge in [0.05, 0.1) is 24.4 Å². The van der Waals surface area contributed by atoms with Crippen molar-refractivity contribution in [2.24, 2.45) is 0 Å². The fourth-order valence-corrected chi connectivity index (χ4v) is 3.27. The summed E-state index contributed by atoms with van der Waals surface area (Å²) in [5.74, 6) is -1.84. The van der Waals surface area contributed by atoms with E-state index in [1.165, 1.54) is 60.0 Å². The zero-order valence-electron chi connectivity index (χ0n) is 14.6. The Labute approximate surface area is 159 Å². The van der Waals surface area contributed by atoms with E-state index in [0.717, 1.165) is 0 Å². The molecule has 1 N–H and O–H groups in total. The van der Waals surface area contributed by atoms with E-state index < -0.39 is 23.5 Å². The van der Waals surface area contributed by atoms with Gasteiger partial charge in [-0.2, -0.15) is 0 Å². The van der Waals surface area contributed by atoms with E-state index in [1.54, 1.807) is 12.1 Å². The molecule has 1 amide bonds. The second-order valence-corrected chi connectivity index (χ2v) is 6.29. The van der Waals surface area contributed by atoms with Gasteiger partial charge in [0, 0.05) is 18.0 Å². The highest BCUT2D eigenvalue weighted by Gasteiger charge is 2.46. The number of likely N-dealkylation sites (tertiary alicyclic amines) is 1. The monoisotopic (exact) mass is 378 g/mol. The molecule has 1 saturated heterocycles. The van der Waals surface area contributed by atoms with Gasteiger partial charge in [-0.1, -0.05) is 12.1 Å². The molecule has 7 heteroatoms. The van der Waals surface area contributed by atoms with E-state index >= 15 is 0 Å². The molecule has 28 heavy (non-hydrogen) atoms. The molecule has 1 unspecified atom stereocenters. The van der Waals surface area contributed by atoms with Gasteiger partial charge in [-0.25, -0.2) is 4.39 Å². The number of rotatable bonds is 4. The Kier molecular flexibility index (Phi) is 4.49. The number of aliphatic hydroxyl groups excluding tert-OH is 1. The Bertz CT molecular complexity index is 1040. The number of nitrogens with zero attached hydrogens (tertiary/aromatic N) is 2. The number of carbonyl (C=O) groups excluding carboxylic acids is 2. The van der Waals surface area contributed by atoms with Crippen molar-refractivity contribution in [3.8, 4) is 0 Å². The van der Waals surface area contributed by atoms with Crippen LogP contribution in [0.25, 0.3) is 5.76 Å². The number of amides is 1. The predicted molar refractivity (Wildman–Crippen MR) is 97.2 cm³/mol. The summed E-state index contributed by atoms with van der Waals surface area (Å²) < 4.78 is 18.7. The fourth-order valence-electron chi connectivity index (χ4n) is 3.27. The summed E-state index contributed by atoms with van der Waals surface area (Å²) in [7, 11) is 0. The maximum absolute atomic E-state index is 13.4. The minimum atomic E-state index is -0.876. The summed E-state index contributed by atoms with van der Waals surface area (Å²) in [4.78, 5) is 30.7. The number of halogens is 1. The molecule has 0 bridgehead atoms. The van der Waals surface area contributed by atoms with Crippen LogP contribution in [0, 0.1) is 5.82 Å². The van der Waals surface area contributed by atoms with Gasteiger partial charge in [-0.05, 0) is 42.0 Å². The van der Waals surface area contributed by atoms with Gasteiger partial charge in [-0.3, -0.25) is 14.6 Å². The first-order chi connectivity index (χ1) is 13.6. The molecule has 1 aliphatic heterocycles. The number of aliphatic hydroxyl groups is 1. The SMILES string of the molecule is O=C1C(=O)N(Cc2ccco2)C(c2ccc(F)cc2)/C1=C(/O)c1ccncc1. The van der Waals surface area contributed by atoms with Crippen LogP contribution in [0.15, 0.2) is 77.2 Å². The lowest BCUT2D eigenvalue weighted by atomic mass is 9.95. The normalized spacial score (nSPS) is 18.6. The van der Waals surface area contributed by atoms with Crippen molar-refractivity contribution in [2.75, 3.05) is 0 Å². The molecule has 140 valence electrons. The molecule has 3 aromatic rings. The van der Waals surface area contributed by atoms with Crippen LogP contribution in [-0.4, -0.2) is 26.7 Å². The smallest absolute Gasteiger partial charge is 0.296 e.